The van der Waals surface area contributed by atoms with Gasteiger partial charge in [-0.3, -0.25) is 0 Å². The summed E-state index contributed by atoms with van der Waals surface area (Å²) in [7, 11) is 0. The van der Waals surface area contributed by atoms with Gasteiger partial charge in [0.25, 0.3) is 0 Å². The molecule has 4 nitrogen and oxygen atoms in total. The first kappa shape index (κ1) is 20.9. The summed E-state index contributed by atoms with van der Waals surface area (Å²) in [6.07, 6.45) is -3.67. The average Bonchev–Trinajstić information content (AvgIpc) is 2.79. The summed E-state index contributed by atoms with van der Waals surface area (Å²) in [5.41, 5.74) is 4.57. The second-order valence-electron chi connectivity index (χ2n) is 7.63. The van der Waals surface area contributed by atoms with Gasteiger partial charge in [0.05, 0.1) is 0 Å². The monoisotopic (exact) mass is 412 g/mol. The van der Waals surface area contributed by atoms with Gasteiger partial charge in [-0.15, -0.1) is 0 Å². The molecule has 0 saturated carbocycles. The summed E-state index contributed by atoms with van der Waals surface area (Å²) in [6.45, 7) is 3.97. The Kier molecular flexibility index (Phi) is 6.18. The summed E-state index contributed by atoms with van der Waals surface area (Å²) in [6, 6.07) is 24.9. The molecule has 156 valence electrons. The molecule has 3 aromatic rings. The van der Waals surface area contributed by atoms with E-state index >= 15 is 0 Å². The molecule has 1 N–H and O–H groups in total. The van der Waals surface area contributed by atoms with Crippen molar-refractivity contribution in [3.05, 3.63) is 107 Å². The molecular weight excluding hydrogens is 388 g/mol. The topological polar surface area (TPSA) is 55.8 Å². The first-order valence-corrected chi connectivity index (χ1v) is 10.3. The number of benzene rings is 3. The van der Waals surface area contributed by atoms with Crippen molar-refractivity contribution in [3.8, 4) is 11.8 Å². The van der Waals surface area contributed by atoms with Crippen LogP contribution >= 0.6 is 0 Å². The zero-order valence-electron chi connectivity index (χ0n) is 17.5. The van der Waals surface area contributed by atoms with Gasteiger partial charge in [-0.1, -0.05) is 78.6 Å². The van der Waals surface area contributed by atoms with Gasteiger partial charge in [0.1, 0.15) is 6.10 Å². The lowest BCUT2D eigenvalue weighted by atomic mass is 9.91. The van der Waals surface area contributed by atoms with E-state index in [1.807, 2.05) is 92.7 Å². The lowest BCUT2D eigenvalue weighted by Crippen LogP contribution is -2.45. The van der Waals surface area contributed by atoms with Gasteiger partial charge in [-0.25, -0.2) is 4.79 Å². The number of aliphatic hydroxyl groups excluding tert-OH is 1. The number of hydrogen-bond acceptors (Lipinski definition) is 4. The van der Waals surface area contributed by atoms with Crippen molar-refractivity contribution in [2.24, 2.45) is 0 Å². The Hall–Kier alpha value is -3.39. The van der Waals surface area contributed by atoms with Crippen molar-refractivity contribution in [2.75, 3.05) is 0 Å². The van der Waals surface area contributed by atoms with Crippen LogP contribution in [-0.2, 0) is 14.3 Å². The maximum Gasteiger partial charge on any atom is 0.339 e. The molecular formula is C27H24O4. The molecule has 1 aliphatic heterocycles. The molecule has 1 heterocycles. The van der Waals surface area contributed by atoms with Crippen LogP contribution in [0.1, 0.15) is 40.0 Å². The second kappa shape index (κ2) is 9.18. The van der Waals surface area contributed by atoms with Gasteiger partial charge in [0, 0.05) is 5.56 Å². The van der Waals surface area contributed by atoms with E-state index < -0.39 is 30.4 Å². The number of carbonyl (C=O) groups excluding carboxylic acids is 1. The summed E-state index contributed by atoms with van der Waals surface area (Å²) >= 11 is 0. The molecule has 3 aromatic carbocycles. The maximum atomic E-state index is 12.8. The zero-order chi connectivity index (χ0) is 21.8. The fourth-order valence-electron chi connectivity index (χ4n) is 3.77. The Morgan fingerprint density at radius 1 is 0.806 bits per heavy atom. The minimum atomic E-state index is -1.31. The van der Waals surface area contributed by atoms with Gasteiger partial charge < -0.3 is 14.6 Å². The van der Waals surface area contributed by atoms with Crippen LogP contribution in [-0.4, -0.2) is 23.3 Å². The lowest BCUT2D eigenvalue weighted by molar-refractivity contribution is -0.212. The third-order valence-corrected chi connectivity index (χ3v) is 5.46. The van der Waals surface area contributed by atoms with Crippen molar-refractivity contribution in [2.45, 2.75) is 38.3 Å². The van der Waals surface area contributed by atoms with E-state index in [-0.39, 0.29) is 0 Å². The quantitative estimate of drug-likeness (QED) is 0.510. The van der Waals surface area contributed by atoms with E-state index in [1.165, 1.54) is 0 Å². The summed E-state index contributed by atoms with van der Waals surface area (Å²) in [5, 5.41) is 10.7. The van der Waals surface area contributed by atoms with Gasteiger partial charge in [-0.05, 0) is 48.2 Å². The normalized spacial score (nSPS) is 21.5. The maximum absolute atomic E-state index is 12.8. The molecule has 0 aromatic heterocycles. The van der Waals surface area contributed by atoms with Gasteiger partial charge >= 0.3 is 5.97 Å². The Balaban J connectivity index is 1.68. The third kappa shape index (κ3) is 4.54. The summed E-state index contributed by atoms with van der Waals surface area (Å²) < 4.78 is 12.1. The smallest absolute Gasteiger partial charge is 0.339 e. The lowest BCUT2D eigenvalue weighted by Gasteiger charge is -2.37. The summed E-state index contributed by atoms with van der Waals surface area (Å²) in [4.78, 5) is 12.8. The van der Waals surface area contributed by atoms with Crippen molar-refractivity contribution < 1.29 is 19.4 Å². The van der Waals surface area contributed by atoms with Crippen LogP contribution in [0.15, 0.2) is 78.9 Å². The Labute approximate surface area is 182 Å². The van der Waals surface area contributed by atoms with E-state index in [9.17, 15) is 9.90 Å². The molecule has 0 unspecified atom stereocenters. The number of rotatable bonds is 3. The molecule has 31 heavy (non-hydrogen) atoms. The molecule has 4 heteroatoms. The van der Waals surface area contributed by atoms with Crippen LogP contribution in [0.4, 0.5) is 0 Å². The van der Waals surface area contributed by atoms with Gasteiger partial charge in [-0.2, -0.15) is 0 Å². The second-order valence-corrected chi connectivity index (χ2v) is 7.63. The number of ether oxygens (including phenoxy) is 2. The predicted molar refractivity (Wildman–Crippen MR) is 118 cm³/mol. The number of carbonyl (C=O) groups is 1. The van der Waals surface area contributed by atoms with Crippen LogP contribution in [0.5, 0.6) is 0 Å². The highest BCUT2D eigenvalue weighted by Crippen LogP contribution is 2.42. The molecule has 1 aliphatic rings. The molecule has 4 rings (SSSR count). The number of hydrogen-bond donors (Lipinski definition) is 1. The van der Waals surface area contributed by atoms with E-state index in [2.05, 4.69) is 11.8 Å². The van der Waals surface area contributed by atoms with Crippen molar-refractivity contribution in [3.63, 3.8) is 0 Å². The number of aryl methyl sites for hydroxylation is 2. The Morgan fingerprint density at radius 3 is 1.97 bits per heavy atom. The van der Waals surface area contributed by atoms with E-state index in [4.69, 9.17) is 9.47 Å². The Morgan fingerprint density at radius 2 is 1.35 bits per heavy atom. The minimum Gasteiger partial charge on any atom is -0.452 e. The minimum absolute atomic E-state index is 0.557. The third-order valence-electron chi connectivity index (χ3n) is 5.46. The van der Waals surface area contributed by atoms with Gasteiger partial charge in [0.15, 0.2) is 18.3 Å². The number of esters is 1. The first-order valence-electron chi connectivity index (χ1n) is 10.3. The highest BCUT2D eigenvalue weighted by molar-refractivity contribution is 5.77. The van der Waals surface area contributed by atoms with Crippen LogP contribution in [0.2, 0.25) is 0 Å². The molecule has 0 amide bonds. The van der Waals surface area contributed by atoms with E-state index in [1.54, 1.807) is 0 Å². The fraction of sp³-hybridized carbons (Fsp3) is 0.222. The highest BCUT2D eigenvalue weighted by Gasteiger charge is 2.44. The molecule has 0 spiro atoms. The molecule has 4 atom stereocenters. The van der Waals surface area contributed by atoms with Crippen LogP contribution in [0.3, 0.4) is 0 Å². The first-order chi connectivity index (χ1) is 15.0. The highest BCUT2D eigenvalue weighted by atomic mass is 16.6. The van der Waals surface area contributed by atoms with E-state index in [0.717, 1.165) is 27.8 Å². The summed E-state index contributed by atoms with van der Waals surface area (Å²) in [5.74, 6) is 5.01. The molecule has 0 bridgehead atoms. The number of aliphatic hydroxyl groups is 1. The SMILES string of the molecule is Cc1ccccc1[C@@H]1OC(=O)[C@H]([C@@H](O)C#Cc2ccccc2)O[C@H]1c1ccccc1C. The molecule has 0 radical (unpaired) electrons. The fourth-order valence-corrected chi connectivity index (χ4v) is 3.77. The van der Waals surface area contributed by atoms with Crippen molar-refractivity contribution >= 4 is 5.97 Å². The predicted octanol–water partition coefficient (Wildman–Crippen LogP) is 4.44. The Bertz CT molecular complexity index is 1130. The largest absolute Gasteiger partial charge is 0.452 e. The molecule has 0 aliphatic carbocycles. The molecule has 1 fully saturated rings. The van der Waals surface area contributed by atoms with Crippen molar-refractivity contribution in [1.82, 2.24) is 0 Å². The van der Waals surface area contributed by atoms with Crippen LogP contribution in [0.25, 0.3) is 0 Å². The number of cyclic esters (lactones) is 1. The molecule has 1 saturated heterocycles. The van der Waals surface area contributed by atoms with Crippen LogP contribution in [0, 0.1) is 25.7 Å². The van der Waals surface area contributed by atoms with Gasteiger partial charge in [0.2, 0.25) is 0 Å². The van der Waals surface area contributed by atoms with Crippen LogP contribution < -0.4 is 0 Å². The average molecular weight is 412 g/mol. The van der Waals surface area contributed by atoms with Crippen molar-refractivity contribution in [1.29, 1.82) is 0 Å². The van der Waals surface area contributed by atoms with E-state index in [0.29, 0.717) is 0 Å². The zero-order valence-corrected chi connectivity index (χ0v) is 17.5. The standard InChI is InChI=1S/C27H24O4/c1-18-10-6-8-14-21(18)24-25(22-15-9-7-11-19(22)2)31-27(29)26(30-24)23(28)17-16-20-12-4-3-5-13-20/h3-15,23-26,28H,1-2H3/t23-,24-,25-,26-/m0/s1.